The van der Waals surface area contributed by atoms with Crippen LogP contribution in [0.3, 0.4) is 0 Å². The average Bonchev–Trinajstić information content (AvgIpc) is 2.90. The minimum Gasteiger partial charge on any atom is -0.351 e. The number of likely N-dealkylation sites (tertiary alicyclic amines) is 1. The lowest BCUT2D eigenvalue weighted by molar-refractivity contribution is -0.128. The van der Waals surface area contributed by atoms with Crippen LogP contribution in [-0.4, -0.2) is 29.3 Å². The van der Waals surface area contributed by atoms with Crippen LogP contribution in [0, 0.1) is 19.7 Å². The Kier molecular flexibility index (Phi) is 5.35. The number of hydrogen-bond acceptors (Lipinski definition) is 2. The van der Waals surface area contributed by atoms with Gasteiger partial charge in [-0.25, -0.2) is 4.39 Å². The molecule has 1 heterocycles. The number of nitrogens with one attached hydrogen (secondary N) is 1. The van der Waals surface area contributed by atoms with E-state index in [2.05, 4.69) is 5.32 Å². The van der Waals surface area contributed by atoms with Crippen molar-refractivity contribution in [2.24, 2.45) is 0 Å². The summed E-state index contributed by atoms with van der Waals surface area (Å²) in [6.45, 7) is 4.80. The number of aryl methyl sites for hydroxylation is 2. The first kappa shape index (κ1) is 18.1. The van der Waals surface area contributed by atoms with Gasteiger partial charge in [0, 0.05) is 19.5 Å². The standard InChI is InChI=1S/C21H23FN2O2/c1-14-6-7-15(2)17(8-14)10-20(25)23-19-11-21(26)24(13-19)12-16-4-3-5-18(22)9-16/h3-9,19H,10-13H2,1-2H3,(H,23,25)/t19-/m1/s1. The molecule has 0 aromatic heterocycles. The van der Waals surface area contributed by atoms with Crippen LogP contribution in [0.1, 0.15) is 28.7 Å². The largest absolute Gasteiger partial charge is 0.351 e. The molecule has 0 saturated carbocycles. The molecule has 1 N–H and O–H groups in total. The van der Waals surface area contributed by atoms with Gasteiger partial charge in [0.25, 0.3) is 0 Å². The Morgan fingerprint density at radius 1 is 1.23 bits per heavy atom. The van der Waals surface area contributed by atoms with Gasteiger partial charge in [-0.2, -0.15) is 0 Å². The molecule has 1 fully saturated rings. The third kappa shape index (κ3) is 4.48. The van der Waals surface area contributed by atoms with Crippen molar-refractivity contribution in [2.45, 2.75) is 39.3 Å². The van der Waals surface area contributed by atoms with E-state index in [1.807, 2.05) is 32.0 Å². The van der Waals surface area contributed by atoms with Crippen molar-refractivity contribution in [2.75, 3.05) is 6.54 Å². The van der Waals surface area contributed by atoms with Crippen LogP contribution in [0.25, 0.3) is 0 Å². The number of nitrogens with zero attached hydrogens (tertiary/aromatic N) is 1. The summed E-state index contributed by atoms with van der Waals surface area (Å²) in [5, 5.41) is 2.96. The highest BCUT2D eigenvalue weighted by atomic mass is 19.1. The normalized spacial score (nSPS) is 16.8. The summed E-state index contributed by atoms with van der Waals surface area (Å²) in [5.74, 6) is -0.414. The minimum absolute atomic E-state index is 0.0219. The van der Waals surface area contributed by atoms with Gasteiger partial charge < -0.3 is 10.2 Å². The number of carbonyl (C=O) groups excluding carboxylic acids is 2. The summed E-state index contributed by atoms with van der Waals surface area (Å²) >= 11 is 0. The maximum absolute atomic E-state index is 13.3. The molecule has 1 saturated heterocycles. The van der Waals surface area contributed by atoms with Gasteiger partial charge in [-0.1, -0.05) is 35.9 Å². The first-order valence-electron chi connectivity index (χ1n) is 8.78. The number of hydrogen-bond donors (Lipinski definition) is 1. The van der Waals surface area contributed by atoms with Gasteiger partial charge in [0.05, 0.1) is 12.5 Å². The molecule has 3 rings (SSSR count). The van der Waals surface area contributed by atoms with Crippen LogP contribution in [0.5, 0.6) is 0 Å². The molecule has 5 heteroatoms. The lowest BCUT2D eigenvalue weighted by Crippen LogP contribution is -2.38. The summed E-state index contributed by atoms with van der Waals surface area (Å²) in [6, 6.07) is 12.1. The quantitative estimate of drug-likeness (QED) is 0.898. The predicted octanol–water partition coefficient (Wildman–Crippen LogP) is 2.90. The number of benzene rings is 2. The molecular formula is C21H23FN2O2. The van der Waals surface area contributed by atoms with E-state index in [1.54, 1.807) is 17.0 Å². The van der Waals surface area contributed by atoms with Crippen LogP contribution in [0.15, 0.2) is 42.5 Å². The molecule has 2 amide bonds. The Labute approximate surface area is 153 Å². The summed E-state index contributed by atoms with van der Waals surface area (Å²) in [7, 11) is 0. The second kappa shape index (κ2) is 7.68. The maximum Gasteiger partial charge on any atom is 0.225 e. The molecule has 0 bridgehead atoms. The molecule has 2 aromatic rings. The van der Waals surface area contributed by atoms with E-state index in [0.29, 0.717) is 19.5 Å². The molecule has 4 nitrogen and oxygen atoms in total. The van der Waals surface area contributed by atoms with Crippen LogP contribution in [0.2, 0.25) is 0 Å². The van der Waals surface area contributed by atoms with Crippen molar-refractivity contribution in [3.05, 3.63) is 70.5 Å². The lowest BCUT2D eigenvalue weighted by atomic mass is 10.0. The van der Waals surface area contributed by atoms with E-state index in [4.69, 9.17) is 0 Å². The van der Waals surface area contributed by atoms with Gasteiger partial charge in [-0.3, -0.25) is 9.59 Å². The highest BCUT2D eigenvalue weighted by molar-refractivity contribution is 5.83. The van der Waals surface area contributed by atoms with E-state index < -0.39 is 0 Å². The van der Waals surface area contributed by atoms with Crippen molar-refractivity contribution in [3.8, 4) is 0 Å². The van der Waals surface area contributed by atoms with Gasteiger partial charge >= 0.3 is 0 Å². The van der Waals surface area contributed by atoms with Gasteiger partial charge in [-0.15, -0.1) is 0 Å². The van der Waals surface area contributed by atoms with Crippen molar-refractivity contribution >= 4 is 11.8 Å². The molecule has 1 aliphatic rings. The van der Waals surface area contributed by atoms with Crippen molar-refractivity contribution in [1.82, 2.24) is 10.2 Å². The zero-order valence-corrected chi connectivity index (χ0v) is 15.1. The second-order valence-corrected chi connectivity index (χ2v) is 6.98. The van der Waals surface area contributed by atoms with Crippen molar-refractivity contribution in [3.63, 3.8) is 0 Å². The fraction of sp³-hybridized carbons (Fsp3) is 0.333. The zero-order valence-electron chi connectivity index (χ0n) is 15.1. The molecule has 0 aliphatic carbocycles. The lowest BCUT2D eigenvalue weighted by Gasteiger charge is -2.17. The number of amides is 2. The molecule has 1 aliphatic heterocycles. The average molecular weight is 354 g/mol. The fourth-order valence-corrected chi connectivity index (χ4v) is 3.32. The van der Waals surface area contributed by atoms with Crippen molar-refractivity contribution in [1.29, 1.82) is 0 Å². The predicted molar refractivity (Wildman–Crippen MR) is 98.0 cm³/mol. The summed E-state index contributed by atoms with van der Waals surface area (Å²) in [6.07, 6.45) is 0.593. The smallest absolute Gasteiger partial charge is 0.225 e. The molecule has 2 aromatic carbocycles. The molecule has 0 spiro atoms. The number of carbonyl (C=O) groups is 2. The Hall–Kier alpha value is -2.69. The monoisotopic (exact) mass is 354 g/mol. The molecular weight excluding hydrogens is 331 g/mol. The third-order valence-electron chi connectivity index (χ3n) is 4.70. The first-order valence-corrected chi connectivity index (χ1v) is 8.78. The van der Waals surface area contributed by atoms with E-state index in [1.165, 1.54) is 12.1 Å². The first-order chi connectivity index (χ1) is 12.4. The Morgan fingerprint density at radius 3 is 2.81 bits per heavy atom. The van der Waals surface area contributed by atoms with Crippen LogP contribution >= 0.6 is 0 Å². The second-order valence-electron chi connectivity index (χ2n) is 6.98. The van der Waals surface area contributed by atoms with Crippen LogP contribution in [-0.2, 0) is 22.6 Å². The van der Waals surface area contributed by atoms with Gasteiger partial charge in [0.15, 0.2) is 0 Å². The van der Waals surface area contributed by atoms with Crippen molar-refractivity contribution < 1.29 is 14.0 Å². The topological polar surface area (TPSA) is 49.4 Å². The molecule has 136 valence electrons. The molecule has 26 heavy (non-hydrogen) atoms. The minimum atomic E-state index is -0.312. The zero-order chi connectivity index (χ0) is 18.7. The Balaban J connectivity index is 1.57. The fourth-order valence-electron chi connectivity index (χ4n) is 3.32. The molecule has 0 radical (unpaired) electrons. The van der Waals surface area contributed by atoms with Gasteiger partial charge in [0.1, 0.15) is 5.82 Å². The maximum atomic E-state index is 13.3. The van der Waals surface area contributed by atoms with Crippen LogP contribution < -0.4 is 5.32 Å². The van der Waals surface area contributed by atoms with E-state index >= 15 is 0 Å². The van der Waals surface area contributed by atoms with E-state index in [0.717, 1.165) is 22.3 Å². The van der Waals surface area contributed by atoms with Crippen LogP contribution in [0.4, 0.5) is 4.39 Å². The van der Waals surface area contributed by atoms with E-state index in [9.17, 15) is 14.0 Å². The van der Waals surface area contributed by atoms with E-state index in [-0.39, 0.29) is 30.1 Å². The highest BCUT2D eigenvalue weighted by Crippen LogP contribution is 2.17. The molecule has 0 unspecified atom stereocenters. The molecule has 1 atom stereocenters. The SMILES string of the molecule is Cc1ccc(C)c(CC(=O)N[C@@H]2CC(=O)N(Cc3cccc(F)c3)C2)c1. The Morgan fingerprint density at radius 2 is 2.04 bits per heavy atom. The summed E-state index contributed by atoms with van der Waals surface area (Å²) < 4.78 is 13.3. The highest BCUT2D eigenvalue weighted by Gasteiger charge is 2.30. The van der Waals surface area contributed by atoms with Gasteiger partial charge in [-0.05, 0) is 42.7 Å². The summed E-state index contributed by atoms with van der Waals surface area (Å²) in [4.78, 5) is 26.2. The number of halogens is 1. The number of rotatable bonds is 5. The third-order valence-corrected chi connectivity index (χ3v) is 4.70. The summed E-state index contributed by atoms with van der Waals surface area (Å²) in [5.41, 5.74) is 3.96. The van der Waals surface area contributed by atoms with Gasteiger partial charge in [0.2, 0.25) is 11.8 Å². The Bertz CT molecular complexity index is 835.